The molecule has 2 rings (SSSR count). The van der Waals surface area contributed by atoms with E-state index in [0.717, 1.165) is 18.7 Å². The summed E-state index contributed by atoms with van der Waals surface area (Å²) in [4.78, 5) is 24.0. The minimum Gasteiger partial charge on any atom is -0.477 e. The van der Waals surface area contributed by atoms with E-state index in [0.29, 0.717) is 11.4 Å². The van der Waals surface area contributed by atoms with Gasteiger partial charge in [-0.25, -0.2) is 4.79 Å². The van der Waals surface area contributed by atoms with Gasteiger partial charge in [0.25, 0.3) is 0 Å². The van der Waals surface area contributed by atoms with Gasteiger partial charge in [0.15, 0.2) is 0 Å². The fourth-order valence-corrected chi connectivity index (χ4v) is 2.59. The number of amides is 1. The lowest BCUT2D eigenvalue weighted by molar-refractivity contribution is -0.121. The Morgan fingerprint density at radius 3 is 2.81 bits per heavy atom. The van der Waals surface area contributed by atoms with E-state index in [-0.39, 0.29) is 11.8 Å². The van der Waals surface area contributed by atoms with Gasteiger partial charge in [0.05, 0.1) is 5.92 Å². The summed E-state index contributed by atoms with van der Waals surface area (Å²) in [5.74, 6) is -1.31. The summed E-state index contributed by atoms with van der Waals surface area (Å²) in [6, 6.07) is 1.64. The van der Waals surface area contributed by atoms with Crippen molar-refractivity contribution in [3.63, 3.8) is 0 Å². The van der Waals surface area contributed by atoms with Crippen LogP contribution in [0.15, 0.2) is 11.4 Å². The van der Waals surface area contributed by atoms with Crippen LogP contribution in [0.5, 0.6) is 0 Å². The maximum atomic E-state index is 11.0. The summed E-state index contributed by atoms with van der Waals surface area (Å²) in [6.07, 6.45) is 0.744. The van der Waals surface area contributed by atoms with Crippen molar-refractivity contribution in [3.8, 4) is 0 Å². The number of nitrogens with two attached hydrogens (primary N) is 1. The summed E-state index contributed by atoms with van der Waals surface area (Å²) in [5, 5.41) is 10.6. The average molecular weight is 240 g/mol. The Bertz CT molecular complexity index is 429. The zero-order valence-electron chi connectivity index (χ0n) is 8.55. The lowest BCUT2D eigenvalue weighted by atomic mass is 10.1. The number of aromatic carboxylic acids is 1. The fraction of sp³-hybridized carbons (Fsp3) is 0.400. The van der Waals surface area contributed by atoms with Crippen LogP contribution in [0.4, 0.5) is 5.69 Å². The Kier molecular flexibility index (Phi) is 2.82. The normalized spacial score (nSPS) is 20.0. The van der Waals surface area contributed by atoms with Crippen molar-refractivity contribution in [2.24, 2.45) is 11.7 Å². The number of carbonyl (C=O) groups is 2. The van der Waals surface area contributed by atoms with Gasteiger partial charge in [-0.2, -0.15) is 0 Å². The Labute approximate surface area is 96.5 Å². The quantitative estimate of drug-likeness (QED) is 0.817. The summed E-state index contributed by atoms with van der Waals surface area (Å²) in [6.45, 7) is 1.34. The van der Waals surface area contributed by atoms with Gasteiger partial charge in [0, 0.05) is 24.2 Å². The first-order valence-electron chi connectivity index (χ1n) is 4.94. The number of anilines is 1. The molecular weight excluding hydrogens is 228 g/mol. The standard InChI is InChI=1S/C10H12N2O3S/c11-9(13)6-1-2-12(4-6)7-3-8(10(14)15)16-5-7/h3,5-6H,1-2,4H2,(H2,11,13)(H,14,15). The van der Waals surface area contributed by atoms with Crippen LogP contribution in [0.2, 0.25) is 0 Å². The lowest BCUT2D eigenvalue weighted by Gasteiger charge is -2.15. The van der Waals surface area contributed by atoms with Gasteiger partial charge in [-0.3, -0.25) is 4.79 Å². The zero-order valence-corrected chi connectivity index (χ0v) is 9.37. The monoisotopic (exact) mass is 240 g/mol. The van der Waals surface area contributed by atoms with E-state index in [1.165, 1.54) is 11.3 Å². The number of hydrogen-bond donors (Lipinski definition) is 2. The highest BCUT2D eigenvalue weighted by Crippen LogP contribution is 2.28. The van der Waals surface area contributed by atoms with Crippen molar-refractivity contribution >= 4 is 28.9 Å². The third-order valence-electron chi connectivity index (χ3n) is 2.75. The molecule has 6 heteroatoms. The van der Waals surface area contributed by atoms with Crippen LogP contribution in [0.3, 0.4) is 0 Å². The van der Waals surface area contributed by atoms with E-state index in [9.17, 15) is 9.59 Å². The summed E-state index contributed by atoms with van der Waals surface area (Å²) >= 11 is 1.20. The molecule has 1 saturated heterocycles. The van der Waals surface area contributed by atoms with Gasteiger partial charge >= 0.3 is 5.97 Å². The minimum atomic E-state index is -0.915. The first-order chi connectivity index (χ1) is 7.58. The number of carbonyl (C=O) groups excluding carboxylic acids is 1. The number of carboxylic acid groups (broad SMARTS) is 1. The second kappa shape index (κ2) is 4.13. The number of carboxylic acids is 1. The summed E-state index contributed by atoms with van der Waals surface area (Å²) in [5.41, 5.74) is 6.10. The number of primary amides is 1. The number of hydrogen-bond acceptors (Lipinski definition) is 4. The molecule has 86 valence electrons. The lowest BCUT2D eigenvalue weighted by Crippen LogP contribution is -2.27. The molecule has 1 aromatic heterocycles. The van der Waals surface area contributed by atoms with Crippen molar-refractivity contribution < 1.29 is 14.7 Å². The second-order valence-electron chi connectivity index (χ2n) is 3.81. The van der Waals surface area contributed by atoms with Crippen LogP contribution in [0, 0.1) is 5.92 Å². The van der Waals surface area contributed by atoms with Crippen LogP contribution >= 0.6 is 11.3 Å². The first kappa shape index (κ1) is 10.9. The van der Waals surface area contributed by atoms with E-state index in [4.69, 9.17) is 10.8 Å². The van der Waals surface area contributed by atoms with Crippen molar-refractivity contribution in [2.45, 2.75) is 6.42 Å². The molecule has 16 heavy (non-hydrogen) atoms. The predicted molar refractivity (Wildman–Crippen MR) is 60.8 cm³/mol. The van der Waals surface area contributed by atoms with Crippen LogP contribution in [-0.4, -0.2) is 30.1 Å². The fourth-order valence-electron chi connectivity index (χ4n) is 1.83. The Hall–Kier alpha value is -1.56. The second-order valence-corrected chi connectivity index (χ2v) is 4.72. The van der Waals surface area contributed by atoms with Gasteiger partial charge in [0.2, 0.25) is 5.91 Å². The predicted octanol–water partition coefficient (Wildman–Crippen LogP) is 0.758. The topological polar surface area (TPSA) is 83.6 Å². The number of nitrogens with zero attached hydrogens (tertiary/aromatic N) is 1. The number of thiophene rings is 1. The molecule has 5 nitrogen and oxygen atoms in total. The molecule has 1 fully saturated rings. The molecule has 1 aliphatic heterocycles. The molecule has 0 aromatic carbocycles. The third kappa shape index (κ3) is 2.01. The highest BCUT2D eigenvalue weighted by molar-refractivity contribution is 7.12. The van der Waals surface area contributed by atoms with Crippen LogP contribution in [-0.2, 0) is 4.79 Å². The van der Waals surface area contributed by atoms with E-state index < -0.39 is 5.97 Å². The molecule has 0 radical (unpaired) electrons. The van der Waals surface area contributed by atoms with Crippen molar-refractivity contribution in [1.82, 2.24) is 0 Å². The molecule has 1 aliphatic rings. The highest BCUT2D eigenvalue weighted by Gasteiger charge is 2.27. The van der Waals surface area contributed by atoms with Gasteiger partial charge in [-0.1, -0.05) is 0 Å². The van der Waals surface area contributed by atoms with Gasteiger partial charge < -0.3 is 15.7 Å². The molecule has 0 saturated carbocycles. The minimum absolute atomic E-state index is 0.117. The summed E-state index contributed by atoms with van der Waals surface area (Å²) in [7, 11) is 0. The van der Waals surface area contributed by atoms with Gasteiger partial charge in [-0.15, -0.1) is 11.3 Å². The Morgan fingerprint density at radius 2 is 2.31 bits per heavy atom. The van der Waals surface area contributed by atoms with E-state index in [1.807, 2.05) is 4.90 Å². The first-order valence-corrected chi connectivity index (χ1v) is 5.82. The highest BCUT2D eigenvalue weighted by atomic mass is 32.1. The maximum Gasteiger partial charge on any atom is 0.345 e. The van der Waals surface area contributed by atoms with E-state index >= 15 is 0 Å². The average Bonchev–Trinajstić information content (AvgIpc) is 2.86. The molecule has 1 atom stereocenters. The van der Waals surface area contributed by atoms with Gasteiger partial charge in [-0.05, 0) is 12.5 Å². The smallest absolute Gasteiger partial charge is 0.345 e. The van der Waals surface area contributed by atoms with Crippen LogP contribution in [0.25, 0.3) is 0 Å². The third-order valence-corrected chi connectivity index (χ3v) is 3.66. The van der Waals surface area contributed by atoms with Crippen molar-refractivity contribution in [3.05, 3.63) is 16.3 Å². The molecule has 1 amide bonds. The Balaban J connectivity index is 2.08. The van der Waals surface area contributed by atoms with E-state index in [2.05, 4.69) is 0 Å². The SMILES string of the molecule is NC(=O)C1CCN(c2csc(C(=O)O)c2)C1. The van der Waals surface area contributed by atoms with Crippen molar-refractivity contribution in [2.75, 3.05) is 18.0 Å². The molecule has 1 aromatic rings. The van der Waals surface area contributed by atoms with Gasteiger partial charge in [0.1, 0.15) is 4.88 Å². The molecule has 1 unspecified atom stereocenters. The molecular formula is C10H12N2O3S. The van der Waals surface area contributed by atoms with Crippen molar-refractivity contribution in [1.29, 1.82) is 0 Å². The zero-order chi connectivity index (χ0) is 11.7. The summed E-state index contributed by atoms with van der Waals surface area (Å²) < 4.78 is 0. The molecule has 0 bridgehead atoms. The number of rotatable bonds is 3. The van der Waals surface area contributed by atoms with Crippen LogP contribution < -0.4 is 10.6 Å². The maximum absolute atomic E-state index is 11.0. The van der Waals surface area contributed by atoms with Crippen LogP contribution in [0.1, 0.15) is 16.1 Å². The Morgan fingerprint density at radius 1 is 1.56 bits per heavy atom. The molecule has 0 spiro atoms. The molecule has 0 aliphatic carbocycles. The molecule has 3 N–H and O–H groups in total. The largest absolute Gasteiger partial charge is 0.477 e. The van der Waals surface area contributed by atoms with E-state index in [1.54, 1.807) is 11.4 Å². The molecule has 2 heterocycles.